The second-order valence-electron chi connectivity index (χ2n) is 13.0. The number of hydrogen-bond donors (Lipinski definition) is 0. The first-order valence-corrected chi connectivity index (χ1v) is 17.4. The van der Waals surface area contributed by atoms with Crippen LogP contribution in [0.5, 0.6) is 0 Å². The smallest absolute Gasteiger partial charge is 0.0561 e. The summed E-state index contributed by atoms with van der Waals surface area (Å²) in [5.74, 6) is 0. The lowest BCUT2D eigenvalue weighted by atomic mass is 10.0. The number of anilines is 3. The first-order chi connectivity index (χ1) is 25.3. The summed E-state index contributed by atoms with van der Waals surface area (Å²) in [6, 6.07) is 72.1. The Hall–Kier alpha value is -6.84. The molecule has 0 aliphatic carbocycles. The van der Waals surface area contributed by atoms with Crippen LogP contribution in [0.3, 0.4) is 0 Å². The van der Waals surface area contributed by atoms with Crippen molar-refractivity contribution in [3.63, 3.8) is 0 Å². The SMILES string of the molecule is c1ccc(-c2ccc(N(c3ccccc3)c3cccc(-n4c5ccccc5c5ccc(-n6c7ccccc7c7ccccc76)cc54)c3)cc2)cc1. The maximum absolute atomic E-state index is 2.42. The Morgan fingerprint density at radius 3 is 1.35 bits per heavy atom. The first kappa shape index (κ1) is 29.1. The molecule has 0 amide bonds. The first-order valence-electron chi connectivity index (χ1n) is 17.4. The summed E-state index contributed by atoms with van der Waals surface area (Å²) < 4.78 is 4.83. The molecule has 0 saturated carbocycles. The van der Waals surface area contributed by atoms with Gasteiger partial charge in [-0.25, -0.2) is 0 Å². The molecule has 0 N–H and O–H groups in total. The molecule has 2 aromatic heterocycles. The predicted molar refractivity (Wildman–Crippen MR) is 215 cm³/mol. The van der Waals surface area contributed by atoms with E-state index in [0.29, 0.717) is 0 Å². The van der Waals surface area contributed by atoms with Crippen molar-refractivity contribution in [3.8, 4) is 22.5 Å². The molecule has 0 bridgehead atoms. The van der Waals surface area contributed by atoms with E-state index in [4.69, 9.17) is 0 Å². The van der Waals surface area contributed by atoms with Gasteiger partial charge in [-0.1, -0.05) is 127 Å². The molecular formula is C48H33N3. The fraction of sp³-hybridized carbons (Fsp3) is 0. The van der Waals surface area contributed by atoms with Gasteiger partial charge in [0.1, 0.15) is 0 Å². The number of hydrogen-bond acceptors (Lipinski definition) is 1. The van der Waals surface area contributed by atoms with Crippen LogP contribution in [0.2, 0.25) is 0 Å². The monoisotopic (exact) mass is 651 g/mol. The molecule has 0 saturated heterocycles. The minimum Gasteiger partial charge on any atom is -0.310 e. The van der Waals surface area contributed by atoms with Crippen LogP contribution < -0.4 is 4.90 Å². The topological polar surface area (TPSA) is 13.1 Å². The van der Waals surface area contributed by atoms with Crippen LogP contribution >= 0.6 is 0 Å². The minimum absolute atomic E-state index is 1.09. The van der Waals surface area contributed by atoms with Gasteiger partial charge in [0.05, 0.1) is 22.1 Å². The molecular weight excluding hydrogens is 619 g/mol. The van der Waals surface area contributed by atoms with Crippen LogP contribution in [-0.4, -0.2) is 9.13 Å². The Kier molecular flexibility index (Phi) is 6.81. The summed E-state index contributed by atoms with van der Waals surface area (Å²) in [7, 11) is 0. The molecule has 10 rings (SSSR count). The van der Waals surface area contributed by atoms with Gasteiger partial charge in [-0.2, -0.15) is 0 Å². The molecule has 0 aliphatic heterocycles. The van der Waals surface area contributed by atoms with Crippen LogP contribution in [0, 0.1) is 0 Å². The second-order valence-corrected chi connectivity index (χ2v) is 13.0. The van der Waals surface area contributed by atoms with E-state index in [9.17, 15) is 0 Å². The largest absolute Gasteiger partial charge is 0.310 e. The molecule has 3 heteroatoms. The molecule has 240 valence electrons. The Balaban J connectivity index is 1.16. The van der Waals surface area contributed by atoms with E-state index in [1.807, 2.05) is 0 Å². The zero-order valence-corrected chi connectivity index (χ0v) is 27.9. The van der Waals surface area contributed by atoms with Gasteiger partial charge in [0.25, 0.3) is 0 Å². The van der Waals surface area contributed by atoms with Crippen molar-refractivity contribution < 1.29 is 0 Å². The average molecular weight is 652 g/mol. The van der Waals surface area contributed by atoms with E-state index in [-0.39, 0.29) is 0 Å². The van der Waals surface area contributed by atoms with Crippen LogP contribution in [0.25, 0.3) is 66.1 Å². The highest BCUT2D eigenvalue weighted by molar-refractivity contribution is 6.12. The Labute approximate surface area is 296 Å². The van der Waals surface area contributed by atoms with Crippen molar-refractivity contribution in [1.82, 2.24) is 9.13 Å². The summed E-state index contributed by atoms with van der Waals surface area (Å²) in [5.41, 5.74) is 12.7. The predicted octanol–water partition coefficient (Wildman–Crippen LogP) is 13.0. The lowest BCUT2D eigenvalue weighted by molar-refractivity contribution is 1.15. The van der Waals surface area contributed by atoms with Gasteiger partial charge in [-0.05, 0) is 83.9 Å². The van der Waals surface area contributed by atoms with E-state index < -0.39 is 0 Å². The zero-order valence-electron chi connectivity index (χ0n) is 27.9. The van der Waals surface area contributed by atoms with Crippen molar-refractivity contribution in [2.45, 2.75) is 0 Å². The van der Waals surface area contributed by atoms with Gasteiger partial charge >= 0.3 is 0 Å². The number of aromatic nitrogens is 2. The third-order valence-corrected chi connectivity index (χ3v) is 10.1. The van der Waals surface area contributed by atoms with Crippen LogP contribution in [0.1, 0.15) is 0 Å². The molecule has 0 fully saturated rings. The van der Waals surface area contributed by atoms with Crippen LogP contribution in [0.4, 0.5) is 17.1 Å². The van der Waals surface area contributed by atoms with Crippen molar-refractivity contribution >= 4 is 60.7 Å². The summed E-state index contributed by atoms with van der Waals surface area (Å²) in [6.07, 6.45) is 0. The summed E-state index contributed by atoms with van der Waals surface area (Å²) >= 11 is 0. The quantitative estimate of drug-likeness (QED) is 0.174. The second kappa shape index (κ2) is 11.9. The number of fused-ring (bicyclic) bond motifs is 6. The van der Waals surface area contributed by atoms with E-state index in [2.05, 4.69) is 214 Å². The molecule has 10 aromatic rings. The lowest BCUT2D eigenvalue weighted by Crippen LogP contribution is -2.10. The molecule has 8 aromatic carbocycles. The van der Waals surface area contributed by atoms with E-state index in [1.54, 1.807) is 0 Å². The number of benzene rings is 8. The van der Waals surface area contributed by atoms with E-state index >= 15 is 0 Å². The summed E-state index contributed by atoms with van der Waals surface area (Å²) in [6.45, 7) is 0. The summed E-state index contributed by atoms with van der Waals surface area (Å²) in [5, 5.41) is 5.00. The third kappa shape index (κ3) is 4.82. The highest BCUT2D eigenvalue weighted by Gasteiger charge is 2.18. The van der Waals surface area contributed by atoms with Crippen LogP contribution in [0.15, 0.2) is 200 Å². The highest BCUT2D eigenvalue weighted by Crippen LogP contribution is 2.40. The van der Waals surface area contributed by atoms with E-state index in [1.165, 1.54) is 54.7 Å². The highest BCUT2D eigenvalue weighted by atomic mass is 15.1. The van der Waals surface area contributed by atoms with Crippen molar-refractivity contribution in [1.29, 1.82) is 0 Å². The molecule has 2 heterocycles. The van der Waals surface area contributed by atoms with Crippen molar-refractivity contribution in [3.05, 3.63) is 200 Å². The van der Waals surface area contributed by atoms with Crippen molar-refractivity contribution in [2.75, 3.05) is 4.90 Å². The Bertz CT molecular complexity index is 2790. The van der Waals surface area contributed by atoms with Gasteiger partial charge in [0.2, 0.25) is 0 Å². The fourth-order valence-corrected chi connectivity index (χ4v) is 7.81. The van der Waals surface area contributed by atoms with Gasteiger partial charge in [-0.15, -0.1) is 0 Å². The Morgan fingerprint density at radius 1 is 0.275 bits per heavy atom. The molecule has 0 aliphatic rings. The molecule has 0 spiro atoms. The van der Waals surface area contributed by atoms with Gasteiger partial charge in [-0.3, -0.25) is 0 Å². The molecule has 0 unspecified atom stereocenters. The summed E-state index contributed by atoms with van der Waals surface area (Å²) in [4.78, 5) is 2.34. The maximum atomic E-state index is 2.42. The molecule has 0 atom stereocenters. The third-order valence-electron chi connectivity index (χ3n) is 10.1. The molecule has 0 radical (unpaired) electrons. The molecule has 3 nitrogen and oxygen atoms in total. The molecule has 51 heavy (non-hydrogen) atoms. The normalized spacial score (nSPS) is 11.5. The maximum Gasteiger partial charge on any atom is 0.0561 e. The number of para-hydroxylation sites is 4. The number of rotatable bonds is 6. The standard InChI is InChI=1S/C48H33N3/c1-3-14-34(15-4-1)35-26-28-37(29-27-35)49(36-16-5-2-6-17-36)38-18-13-19-39(32-38)51-47-25-12-9-22-43(47)44-31-30-40(33-48(44)51)50-45-23-10-7-20-41(45)42-21-8-11-24-46(42)50/h1-33H. The Morgan fingerprint density at radius 2 is 0.725 bits per heavy atom. The fourth-order valence-electron chi connectivity index (χ4n) is 7.81. The minimum atomic E-state index is 1.09. The lowest BCUT2D eigenvalue weighted by Gasteiger charge is -2.26. The number of nitrogens with zero attached hydrogens (tertiary/aromatic N) is 3. The van der Waals surface area contributed by atoms with Crippen molar-refractivity contribution in [2.24, 2.45) is 0 Å². The van der Waals surface area contributed by atoms with Gasteiger partial charge in [0, 0.05) is 50.0 Å². The van der Waals surface area contributed by atoms with Crippen LogP contribution in [-0.2, 0) is 0 Å². The van der Waals surface area contributed by atoms with Gasteiger partial charge < -0.3 is 14.0 Å². The van der Waals surface area contributed by atoms with E-state index in [0.717, 1.165) is 28.4 Å². The average Bonchev–Trinajstić information content (AvgIpc) is 3.72. The van der Waals surface area contributed by atoms with Gasteiger partial charge in [0.15, 0.2) is 0 Å². The zero-order chi connectivity index (χ0) is 33.7.